The maximum Gasteiger partial charge on any atom is 0.164 e. The van der Waals surface area contributed by atoms with Gasteiger partial charge in [-0.15, -0.1) is 0 Å². The summed E-state index contributed by atoms with van der Waals surface area (Å²) in [6.45, 7) is 6.29. The maximum atomic E-state index is 11.7. The monoisotopic (exact) mass is 503 g/mol. The molecule has 1 N–H and O–H groups in total. The number of ketones is 3. The molecule has 0 amide bonds. The summed E-state index contributed by atoms with van der Waals surface area (Å²) in [4.78, 5) is 39.4. The number of methoxy groups -OCH3 is 2. The number of Topliss-reactive ketones (excluding diaryl/α,β-unsaturated/α-hetero) is 3. The van der Waals surface area contributed by atoms with Gasteiger partial charge in [-0.1, -0.05) is 39.0 Å². The quantitative estimate of drug-likeness (QED) is 0.525. The molecule has 0 saturated heterocycles. The van der Waals surface area contributed by atoms with Crippen LogP contribution in [0.25, 0.3) is 0 Å². The van der Waals surface area contributed by atoms with E-state index in [-0.39, 0.29) is 35.7 Å². The molecular formula is C29H45NO6. The average molecular weight is 504 g/mol. The third-order valence-electron chi connectivity index (χ3n) is 7.22. The van der Waals surface area contributed by atoms with Gasteiger partial charge in [0.05, 0.1) is 5.69 Å². The predicted octanol–water partition coefficient (Wildman–Crippen LogP) is 5.57. The lowest BCUT2D eigenvalue weighted by Crippen LogP contribution is -2.36. The second-order valence-electron chi connectivity index (χ2n) is 10.5. The molecule has 0 spiro atoms. The fourth-order valence-electron chi connectivity index (χ4n) is 4.88. The van der Waals surface area contributed by atoms with Gasteiger partial charge >= 0.3 is 0 Å². The number of benzene rings is 1. The van der Waals surface area contributed by atoms with E-state index in [1.54, 1.807) is 14.2 Å². The van der Waals surface area contributed by atoms with Gasteiger partial charge in [0.1, 0.15) is 18.3 Å². The molecule has 0 aliphatic heterocycles. The smallest absolute Gasteiger partial charge is 0.164 e. The minimum atomic E-state index is -0.297. The Morgan fingerprint density at radius 2 is 1.25 bits per heavy atom. The number of ether oxygens (including phenoxy) is 2. The van der Waals surface area contributed by atoms with E-state index in [9.17, 15) is 14.4 Å². The molecule has 3 fully saturated rings. The number of para-hydroxylation sites is 1. The molecule has 0 aromatic heterocycles. The van der Waals surface area contributed by atoms with Gasteiger partial charge in [0, 0.05) is 33.5 Å². The minimum absolute atomic E-state index is 0.101. The highest BCUT2D eigenvalue weighted by Gasteiger charge is 2.30. The van der Waals surface area contributed by atoms with Gasteiger partial charge in [0.15, 0.2) is 17.3 Å². The fraction of sp³-hybridized carbons (Fsp3) is 0.690. The first-order valence-corrected chi connectivity index (χ1v) is 13.4. The molecule has 0 bridgehead atoms. The Kier molecular flexibility index (Phi) is 13.3. The zero-order valence-corrected chi connectivity index (χ0v) is 22.7. The summed E-state index contributed by atoms with van der Waals surface area (Å²) in [5.74, 6) is 2.21. The molecule has 3 aliphatic rings. The van der Waals surface area contributed by atoms with E-state index >= 15 is 0 Å². The van der Waals surface area contributed by atoms with Gasteiger partial charge in [-0.25, -0.2) is 0 Å². The number of nitrogens with one attached hydrogen (secondary N) is 1. The predicted molar refractivity (Wildman–Crippen MR) is 141 cm³/mol. The molecular weight excluding hydrogens is 458 g/mol. The molecule has 36 heavy (non-hydrogen) atoms. The summed E-state index contributed by atoms with van der Waals surface area (Å²) in [6.07, 6.45) is 7.70. The highest BCUT2D eigenvalue weighted by molar-refractivity contribution is 5.84. The highest BCUT2D eigenvalue weighted by atomic mass is 16.7. The molecule has 202 valence electrons. The Hall–Kier alpha value is -2.09. The van der Waals surface area contributed by atoms with Gasteiger partial charge in [0.25, 0.3) is 0 Å². The van der Waals surface area contributed by atoms with Crippen molar-refractivity contribution in [3.8, 4) is 0 Å². The standard InChI is InChI=1S/C13H17NO2.2C8H14O2/c1-10-6-5-9-12(15)13(10)16-14-11-7-3-2-4-8-11;2*1-6-3-4-8(10-2)7(9)5-6/h2-4,7-8,10,13-14H,5-6,9H2,1H3;2*6,8H,3-5H2,1-2H3/t10-,13+;6-,8+;6-,8-/m001/s1. The van der Waals surface area contributed by atoms with E-state index in [0.717, 1.165) is 44.2 Å². The van der Waals surface area contributed by atoms with Gasteiger partial charge in [-0.05, 0) is 68.4 Å². The number of rotatable bonds is 5. The van der Waals surface area contributed by atoms with Crippen LogP contribution in [0.3, 0.4) is 0 Å². The molecule has 1 aromatic carbocycles. The van der Waals surface area contributed by atoms with Crippen LogP contribution >= 0.6 is 0 Å². The first kappa shape index (κ1) is 30.1. The Bertz CT molecular complexity index is 781. The van der Waals surface area contributed by atoms with Gasteiger partial charge < -0.3 is 9.47 Å². The maximum absolute atomic E-state index is 11.7. The summed E-state index contributed by atoms with van der Waals surface area (Å²) in [5, 5.41) is 0. The zero-order valence-electron chi connectivity index (χ0n) is 22.7. The van der Waals surface area contributed by atoms with Crippen LogP contribution < -0.4 is 5.48 Å². The Balaban J connectivity index is 0.000000200. The van der Waals surface area contributed by atoms with Gasteiger partial charge in [-0.2, -0.15) is 0 Å². The van der Waals surface area contributed by atoms with Crippen molar-refractivity contribution in [2.24, 2.45) is 17.8 Å². The van der Waals surface area contributed by atoms with Crippen molar-refractivity contribution in [1.29, 1.82) is 0 Å². The number of hydrogen-bond acceptors (Lipinski definition) is 7. The van der Waals surface area contributed by atoms with Crippen LogP contribution in [0.2, 0.25) is 0 Å². The van der Waals surface area contributed by atoms with Crippen LogP contribution in [0.4, 0.5) is 5.69 Å². The van der Waals surface area contributed by atoms with E-state index in [1.165, 1.54) is 0 Å². The second-order valence-corrected chi connectivity index (χ2v) is 10.5. The van der Waals surface area contributed by atoms with Crippen molar-refractivity contribution < 1.29 is 28.7 Å². The summed E-state index contributed by atoms with van der Waals surface area (Å²) in [7, 11) is 3.22. The number of carbonyl (C=O) groups is 3. The van der Waals surface area contributed by atoms with E-state index in [2.05, 4.69) is 26.3 Å². The third kappa shape index (κ3) is 10.1. The number of hydrogen-bond donors (Lipinski definition) is 1. The van der Waals surface area contributed by atoms with Crippen molar-refractivity contribution in [3.63, 3.8) is 0 Å². The largest absolute Gasteiger partial charge is 0.374 e. The van der Waals surface area contributed by atoms with Crippen molar-refractivity contribution in [2.75, 3.05) is 19.7 Å². The normalized spacial score (nSPS) is 30.4. The zero-order chi connectivity index (χ0) is 26.5. The summed E-state index contributed by atoms with van der Waals surface area (Å²) < 4.78 is 10.0. The second kappa shape index (κ2) is 15.9. The lowest BCUT2D eigenvalue weighted by atomic mass is 9.87. The first-order valence-electron chi connectivity index (χ1n) is 13.4. The van der Waals surface area contributed by atoms with E-state index in [1.807, 2.05) is 30.3 Å². The molecule has 7 nitrogen and oxygen atoms in total. The number of carbonyl (C=O) groups excluding carboxylic acids is 3. The van der Waals surface area contributed by atoms with Crippen LogP contribution in [-0.2, 0) is 28.7 Å². The van der Waals surface area contributed by atoms with Crippen molar-refractivity contribution in [2.45, 2.75) is 96.9 Å². The molecule has 6 atom stereocenters. The van der Waals surface area contributed by atoms with Crippen molar-refractivity contribution in [3.05, 3.63) is 30.3 Å². The molecule has 3 saturated carbocycles. The van der Waals surface area contributed by atoms with Crippen molar-refractivity contribution in [1.82, 2.24) is 0 Å². The molecule has 7 heteroatoms. The molecule has 0 unspecified atom stereocenters. The minimum Gasteiger partial charge on any atom is -0.374 e. The van der Waals surface area contributed by atoms with Crippen LogP contribution in [0, 0.1) is 17.8 Å². The van der Waals surface area contributed by atoms with Crippen LogP contribution in [-0.4, -0.2) is 49.9 Å². The average Bonchev–Trinajstić information content (AvgIpc) is 2.85. The van der Waals surface area contributed by atoms with E-state index in [0.29, 0.717) is 37.0 Å². The Morgan fingerprint density at radius 1 is 0.722 bits per heavy atom. The van der Waals surface area contributed by atoms with E-state index in [4.69, 9.17) is 14.3 Å². The number of anilines is 1. The Labute approximate surface area is 216 Å². The SMILES string of the molecule is CO[C@@H]1CC[C@@H](C)CC1=O.CO[C@@H]1CC[C@H](C)CC1=O.C[C@H]1CCCC(=O)[C@@H]1ONc1ccccc1. The van der Waals surface area contributed by atoms with E-state index < -0.39 is 0 Å². The lowest BCUT2D eigenvalue weighted by molar-refractivity contribution is -0.134. The summed E-state index contributed by atoms with van der Waals surface area (Å²) >= 11 is 0. The highest BCUT2D eigenvalue weighted by Crippen LogP contribution is 2.25. The third-order valence-corrected chi connectivity index (χ3v) is 7.22. The van der Waals surface area contributed by atoms with Crippen LogP contribution in [0.5, 0.6) is 0 Å². The van der Waals surface area contributed by atoms with Gasteiger partial charge in [-0.3, -0.25) is 24.7 Å². The summed E-state index contributed by atoms with van der Waals surface area (Å²) in [6, 6.07) is 9.63. The fourth-order valence-corrected chi connectivity index (χ4v) is 4.88. The molecule has 3 aliphatic carbocycles. The lowest BCUT2D eigenvalue weighted by Gasteiger charge is -2.27. The first-order chi connectivity index (χ1) is 17.2. The topological polar surface area (TPSA) is 90.9 Å². The molecule has 1 aromatic rings. The molecule has 0 heterocycles. The summed E-state index contributed by atoms with van der Waals surface area (Å²) in [5.41, 5.74) is 3.74. The Morgan fingerprint density at radius 3 is 1.69 bits per heavy atom. The van der Waals surface area contributed by atoms with Crippen LogP contribution in [0.1, 0.15) is 78.6 Å². The van der Waals surface area contributed by atoms with Crippen molar-refractivity contribution >= 4 is 23.0 Å². The molecule has 4 rings (SSSR count). The van der Waals surface area contributed by atoms with Gasteiger partial charge in [0.2, 0.25) is 0 Å². The molecule has 0 radical (unpaired) electrons. The van der Waals surface area contributed by atoms with Crippen LogP contribution in [0.15, 0.2) is 30.3 Å².